The van der Waals surface area contributed by atoms with Gasteiger partial charge < -0.3 is 14.6 Å². The Morgan fingerprint density at radius 1 is 1.21 bits per heavy atom. The van der Waals surface area contributed by atoms with E-state index in [-0.39, 0.29) is 0 Å². The number of aliphatic hydroxyl groups excluding tert-OH is 1. The van der Waals surface area contributed by atoms with Gasteiger partial charge in [0.1, 0.15) is 11.4 Å². The number of methoxy groups -OCH3 is 1. The summed E-state index contributed by atoms with van der Waals surface area (Å²) in [5.41, 5.74) is 4.74. The van der Waals surface area contributed by atoms with Crippen LogP contribution in [0.15, 0.2) is 48.5 Å². The van der Waals surface area contributed by atoms with E-state index in [0.29, 0.717) is 11.4 Å². The third-order valence-electron chi connectivity index (χ3n) is 5.02. The van der Waals surface area contributed by atoms with E-state index >= 15 is 0 Å². The minimum atomic E-state index is -1.43. The summed E-state index contributed by atoms with van der Waals surface area (Å²) in [6, 6.07) is 15.7. The molecule has 0 radical (unpaired) electrons. The smallest absolute Gasteiger partial charge is 0.341 e. The van der Waals surface area contributed by atoms with Crippen LogP contribution in [0.1, 0.15) is 23.8 Å². The van der Waals surface area contributed by atoms with Crippen molar-refractivity contribution in [2.75, 3.05) is 13.7 Å². The van der Waals surface area contributed by atoms with Gasteiger partial charge in [-0.2, -0.15) is 5.10 Å². The Morgan fingerprint density at radius 3 is 2.75 bits per heavy atom. The fourth-order valence-electron chi connectivity index (χ4n) is 3.67. The highest BCUT2D eigenvalue weighted by Crippen LogP contribution is 2.39. The molecule has 3 aromatic rings. The molecule has 2 aromatic carbocycles. The standard InChI is InChI=1S/C22H22N2O4/c1-24-20(21(25)22(26)27-2)18(19(23-24)14-7-4-3-5-8-14)16-10-11-17-15(13-16)9-6-12-28-17/h3-5,7-8,10-11,13,21,25H,6,9,12H2,1-2H3. The van der Waals surface area contributed by atoms with Gasteiger partial charge in [0, 0.05) is 18.2 Å². The van der Waals surface area contributed by atoms with Gasteiger partial charge in [-0.25, -0.2) is 4.79 Å². The molecule has 0 saturated carbocycles. The van der Waals surface area contributed by atoms with E-state index in [1.165, 1.54) is 7.11 Å². The van der Waals surface area contributed by atoms with Gasteiger partial charge in [-0.3, -0.25) is 4.68 Å². The van der Waals surface area contributed by atoms with Gasteiger partial charge in [-0.1, -0.05) is 36.4 Å². The zero-order chi connectivity index (χ0) is 19.7. The lowest BCUT2D eigenvalue weighted by Crippen LogP contribution is -2.17. The topological polar surface area (TPSA) is 73.6 Å². The molecule has 0 saturated heterocycles. The number of aliphatic hydroxyl groups is 1. The highest BCUT2D eigenvalue weighted by atomic mass is 16.5. The van der Waals surface area contributed by atoms with Crippen molar-refractivity contribution in [1.82, 2.24) is 9.78 Å². The van der Waals surface area contributed by atoms with Crippen molar-refractivity contribution in [1.29, 1.82) is 0 Å². The van der Waals surface area contributed by atoms with Gasteiger partial charge in [0.05, 0.1) is 19.4 Å². The predicted molar refractivity (Wildman–Crippen MR) is 105 cm³/mol. The maximum absolute atomic E-state index is 12.1. The second-order valence-electron chi connectivity index (χ2n) is 6.80. The summed E-state index contributed by atoms with van der Waals surface area (Å²) in [7, 11) is 2.98. The van der Waals surface area contributed by atoms with Crippen LogP contribution in [0.2, 0.25) is 0 Å². The van der Waals surface area contributed by atoms with E-state index < -0.39 is 12.1 Å². The highest BCUT2D eigenvalue weighted by Gasteiger charge is 2.30. The molecule has 0 bridgehead atoms. The van der Waals surface area contributed by atoms with Crippen molar-refractivity contribution in [2.24, 2.45) is 7.05 Å². The van der Waals surface area contributed by atoms with Gasteiger partial charge in [-0.15, -0.1) is 0 Å². The number of ether oxygens (including phenoxy) is 2. The molecule has 1 aromatic heterocycles. The molecule has 1 aliphatic rings. The van der Waals surface area contributed by atoms with Gasteiger partial charge >= 0.3 is 5.97 Å². The van der Waals surface area contributed by atoms with E-state index in [1.54, 1.807) is 11.7 Å². The normalized spacial score (nSPS) is 14.1. The van der Waals surface area contributed by atoms with Crippen LogP contribution < -0.4 is 4.74 Å². The lowest BCUT2D eigenvalue weighted by Gasteiger charge is -2.19. The van der Waals surface area contributed by atoms with Gasteiger partial charge in [-0.05, 0) is 36.1 Å². The van der Waals surface area contributed by atoms with E-state index in [0.717, 1.165) is 47.5 Å². The first kappa shape index (κ1) is 18.3. The summed E-state index contributed by atoms with van der Waals surface area (Å²) >= 11 is 0. The molecule has 144 valence electrons. The molecule has 1 N–H and O–H groups in total. The molecule has 6 nitrogen and oxygen atoms in total. The average molecular weight is 378 g/mol. The van der Waals surface area contributed by atoms with Crippen LogP contribution in [-0.4, -0.2) is 34.6 Å². The number of fused-ring (bicyclic) bond motifs is 1. The van der Waals surface area contributed by atoms with Crippen molar-refractivity contribution >= 4 is 5.97 Å². The molecule has 1 atom stereocenters. The third-order valence-corrected chi connectivity index (χ3v) is 5.02. The Kier molecular flexibility index (Phi) is 4.88. The predicted octanol–water partition coefficient (Wildman–Crippen LogP) is 3.29. The van der Waals surface area contributed by atoms with Gasteiger partial charge in [0.15, 0.2) is 6.10 Å². The number of benzene rings is 2. The van der Waals surface area contributed by atoms with Crippen molar-refractivity contribution in [3.8, 4) is 28.1 Å². The molecule has 0 amide bonds. The summed E-state index contributed by atoms with van der Waals surface area (Å²) in [6.45, 7) is 0.723. The van der Waals surface area contributed by atoms with Crippen molar-refractivity contribution in [3.63, 3.8) is 0 Å². The molecule has 4 rings (SSSR count). The summed E-state index contributed by atoms with van der Waals surface area (Å²) in [6.07, 6.45) is 0.466. The van der Waals surface area contributed by atoms with Crippen LogP contribution in [0, 0.1) is 0 Å². The van der Waals surface area contributed by atoms with E-state index in [4.69, 9.17) is 9.47 Å². The Bertz CT molecular complexity index is 1010. The lowest BCUT2D eigenvalue weighted by atomic mass is 9.94. The molecule has 1 aliphatic heterocycles. The van der Waals surface area contributed by atoms with Gasteiger partial charge in [0.2, 0.25) is 0 Å². The van der Waals surface area contributed by atoms with Crippen LogP contribution in [0.4, 0.5) is 0 Å². The average Bonchev–Trinajstić information content (AvgIpc) is 3.10. The maximum Gasteiger partial charge on any atom is 0.341 e. The number of nitrogens with zero attached hydrogens (tertiary/aromatic N) is 2. The van der Waals surface area contributed by atoms with Crippen LogP contribution in [-0.2, 0) is 23.0 Å². The molecule has 28 heavy (non-hydrogen) atoms. The summed E-state index contributed by atoms with van der Waals surface area (Å²) in [5.74, 6) is 0.167. The van der Waals surface area contributed by atoms with Crippen molar-refractivity contribution in [3.05, 3.63) is 59.8 Å². The molecule has 1 unspecified atom stereocenters. The monoisotopic (exact) mass is 378 g/mol. The zero-order valence-corrected chi connectivity index (χ0v) is 15.9. The van der Waals surface area contributed by atoms with Gasteiger partial charge in [0.25, 0.3) is 0 Å². The van der Waals surface area contributed by atoms with Crippen LogP contribution >= 0.6 is 0 Å². The SMILES string of the molecule is COC(=O)C(O)c1c(-c2ccc3c(c2)CCCO3)c(-c2ccccc2)nn1C. The molecule has 0 aliphatic carbocycles. The Hall–Kier alpha value is -3.12. The van der Waals surface area contributed by atoms with Crippen molar-refractivity contribution < 1.29 is 19.4 Å². The maximum atomic E-state index is 12.1. The van der Waals surface area contributed by atoms with E-state index in [2.05, 4.69) is 11.2 Å². The molecule has 0 fully saturated rings. The second-order valence-corrected chi connectivity index (χ2v) is 6.80. The fourth-order valence-corrected chi connectivity index (χ4v) is 3.67. The minimum Gasteiger partial charge on any atom is -0.493 e. The number of aryl methyl sites for hydroxylation is 2. The minimum absolute atomic E-state index is 0.405. The summed E-state index contributed by atoms with van der Waals surface area (Å²) in [4.78, 5) is 12.1. The Labute approximate surface area is 163 Å². The molecule has 0 spiro atoms. The number of aromatic nitrogens is 2. The molecular formula is C22H22N2O4. The third kappa shape index (κ3) is 3.16. The first-order chi connectivity index (χ1) is 13.6. The quantitative estimate of drug-likeness (QED) is 0.705. The number of carbonyl (C=O) groups is 1. The first-order valence-corrected chi connectivity index (χ1v) is 9.24. The summed E-state index contributed by atoms with van der Waals surface area (Å²) in [5, 5.41) is 15.3. The number of esters is 1. The van der Waals surface area contributed by atoms with E-state index in [9.17, 15) is 9.90 Å². The Balaban J connectivity index is 1.94. The largest absolute Gasteiger partial charge is 0.493 e. The highest BCUT2D eigenvalue weighted by molar-refractivity contribution is 5.87. The lowest BCUT2D eigenvalue weighted by molar-refractivity contribution is -0.151. The number of rotatable bonds is 4. The second kappa shape index (κ2) is 7.48. The Morgan fingerprint density at radius 2 is 2.00 bits per heavy atom. The van der Waals surface area contributed by atoms with Crippen LogP contribution in [0.25, 0.3) is 22.4 Å². The summed E-state index contributed by atoms with van der Waals surface area (Å²) < 4.78 is 12.0. The first-order valence-electron chi connectivity index (χ1n) is 9.24. The van der Waals surface area contributed by atoms with E-state index in [1.807, 2.05) is 42.5 Å². The number of carbonyl (C=O) groups excluding carboxylic acids is 1. The number of hydrogen-bond acceptors (Lipinski definition) is 5. The van der Waals surface area contributed by atoms with Crippen LogP contribution in [0.5, 0.6) is 5.75 Å². The zero-order valence-electron chi connectivity index (χ0n) is 15.9. The molecule has 2 heterocycles. The van der Waals surface area contributed by atoms with Crippen molar-refractivity contribution in [2.45, 2.75) is 18.9 Å². The molecular weight excluding hydrogens is 356 g/mol. The van der Waals surface area contributed by atoms with Crippen LogP contribution in [0.3, 0.4) is 0 Å². The fraction of sp³-hybridized carbons (Fsp3) is 0.273. The molecule has 6 heteroatoms. The number of hydrogen-bond donors (Lipinski definition) is 1.